The molecule has 2 fully saturated rings. The summed E-state index contributed by atoms with van der Waals surface area (Å²) in [6, 6.07) is 11.8. The van der Waals surface area contributed by atoms with Gasteiger partial charge in [-0.2, -0.15) is 4.98 Å². The third kappa shape index (κ3) is 6.69. The van der Waals surface area contributed by atoms with Crippen LogP contribution < -0.4 is 25.6 Å². The van der Waals surface area contributed by atoms with Gasteiger partial charge in [0.2, 0.25) is 17.8 Å². The van der Waals surface area contributed by atoms with Crippen LogP contribution in [0.4, 0.5) is 28.8 Å². The van der Waals surface area contributed by atoms with E-state index >= 15 is 0 Å². The molecule has 12 nitrogen and oxygen atoms in total. The molecule has 0 aliphatic carbocycles. The average molecular weight is 648 g/mol. The molecule has 0 bridgehead atoms. The van der Waals surface area contributed by atoms with E-state index in [2.05, 4.69) is 47.7 Å². The number of piperazine rings is 2. The zero-order valence-electron chi connectivity index (χ0n) is 26.9. The number of rotatable bonds is 9. The lowest BCUT2D eigenvalue weighted by Crippen LogP contribution is -2.53. The van der Waals surface area contributed by atoms with Crippen LogP contribution in [0.25, 0.3) is 0 Å². The number of likely N-dealkylation sites (N-methyl/N-ethyl adjacent to an activating group) is 1. The predicted octanol–water partition coefficient (Wildman–Crippen LogP) is 3.62. The van der Waals surface area contributed by atoms with Gasteiger partial charge in [-0.3, -0.25) is 14.5 Å². The predicted molar refractivity (Wildman–Crippen MR) is 181 cm³/mol. The topological polar surface area (TPSA) is 118 Å². The molecule has 13 heteroatoms. The van der Waals surface area contributed by atoms with Gasteiger partial charge >= 0.3 is 0 Å². The maximum atomic E-state index is 12.9. The van der Waals surface area contributed by atoms with E-state index < -0.39 is 5.41 Å². The van der Waals surface area contributed by atoms with E-state index in [1.165, 1.54) is 0 Å². The number of hydrogen-bond donors (Lipinski definition) is 3. The third-order valence-corrected chi connectivity index (χ3v) is 9.44. The van der Waals surface area contributed by atoms with Crippen molar-refractivity contribution < 1.29 is 14.3 Å². The third-order valence-electron chi connectivity index (χ3n) is 9.17. The Bertz CT molecular complexity index is 1600. The summed E-state index contributed by atoms with van der Waals surface area (Å²) < 4.78 is 5.74. The van der Waals surface area contributed by atoms with E-state index in [4.69, 9.17) is 16.3 Å². The lowest BCUT2D eigenvalue weighted by Gasteiger charge is -2.38. The molecule has 1 aromatic heterocycles. The Hall–Kier alpha value is -4.13. The molecule has 244 valence electrons. The monoisotopic (exact) mass is 647 g/mol. The molecule has 3 aliphatic heterocycles. The SMILES string of the molecule is COc1cc(N2CCN(C(=O)CN3CCN(C)CC3)CC2)ccc1Nc1ncc(Cl)c(NCc2cccc3c2C(C)(C)C(=O)N3)n1. The second-order valence-electron chi connectivity index (χ2n) is 12.6. The van der Waals surface area contributed by atoms with Crippen LogP contribution in [0.3, 0.4) is 0 Å². The number of aromatic nitrogens is 2. The highest BCUT2D eigenvalue weighted by Gasteiger charge is 2.40. The average Bonchev–Trinajstić information content (AvgIpc) is 3.30. The molecule has 0 spiro atoms. The molecular formula is C33H42ClN9O3. The number of nitrogens with one attached hydrogen (secondary N) is 3. The zero-order valence-corrected chi connectivity index (χ0v) is 27.7. The second-order valence-corrected chi connectivity index (χ2v) is 13.0. The maximum absolute atomic E-state index is 12.9. The number of amides is 2. The highest BCUT2D eigenvalue weighted by atomic mass is 35.5. The zero-order chi connectivity index (χ0) is 32.4. The molecule has 0 unspecified atom stereocenters. The highest BCUT2D eigenvalue weighted by molar-refractivity contribution is 6.32. The first-order valence-electron chi connectivity index (χ1n) is 15.7. The van der Waals surface area contributed by atoms with Gasteiger partial charge in [-0.15, -0.1) is 0 Å². The number of ether oxygens (including phenoxy) is 1. The van der Waals surface area contributed by atoms with Crippen LogP contribution in [0.1, 0.15) is 25.0 Å². The van der Waals surface area contributed by atoms with Crippen molar-refractivity contribution in [1.29, 1.82) is 0 Å². The summed E-state index contributed by atoms with van der Waals surface area (Å²) in [7, 11) is 3.76. The molecule has 3 aliphatic rings. The Morgan fingerprint density at radius 2 is 1.83 bits per heavy atom. The summed E-state index contributed by atoms with van der Waals surface area (Å²) in [6.45, 7) is 11.6. The number of benzene rings is 2. The van der Waals surface area contributed by atoms with Gasteiger partial charge in [0, 0.05) is 76.3 Å². The Kier molecular flexibility index (Phi) is 9.21. The molecule has 2 saturated heterocycles. The van der Waals surface area contributed by atoms with Crippen molar-refractivity contribution in [3.05, 3.63) is 58.7 Å². The number of methoxy groups -OCH3 is 1. The van der Waals surface area contributed by atoms with Gasteiger partial charge in [0.1, 0.15) is 10.8 Å². The normalized spacial score (nSPS) is 18.2. The van der Waals surface area contributed by atoms with Crippen molar-refractivity contribution in [2.24, 2.45) is 0 Å². The summed E-state index contributed by atoms with van der Waals surface area (Å²) >= 11 is 6.47. The minimum absolute atomic E-state index is 0.0180. The molecule has 6 rings (SSSR count). The van der Waals surface area contributed by atoms with E-state index in [1.54, 1.807) is 13.3 Å². The summed E-state index contributed by atoms with van der Waals surface area (Å²) in [5, 5.41) is 9.94. The first-order valence-corrected chi connectivity index (χ1v) is 16.1. The van der Waals surface area contributed by atoms with Gasteiger partial charge in [-0.25, -0.2) is 4.98 Å². The van der Waals surface area contributed by atoms with Crippen molar-refractivity contribution in [2.45, 2.75) is 25.8 Å². The second kappa shape index (κ2) is 13.3. The number of nitrogens with zero attached hydrogens (tertiary/aromatic N) is 6. The Labute approximate surface area is 275 Å². The number of hydrogen-bond acceptors (Lipinski definition) is 10. The van der Waals surface area contributed by atoms with Crippen LogP contribution in [0.15, 0.2) is 42.6 Å². The summed E-state index contributed by atoms with van der Waals surface area (Å²) in [5.74, 6) is 1.68. The molecule has 46 heavy (non-hydrogen) atoms. The molecule has 0 radical (unpaired) electrons. The molecule has 4 heterocycles. The summed E-state index contributed by atoms with van der Waals surface area (Å²) in [6.07, 6.45) is 1.55. The van der Waals surface area contributed by atoms with E-state index in [0.29, 0.717) is 54.4 Å². The van der Waals surface area contributed by atoms with Crippen LogP contribution in [0.2, 0.25) is 5.02 Å². The van der Waals surface area contributed by atoms with Crippen molar-refractivity contribution >= 4 is 52.2 Å². The molecule has 2 aromatic carbocycles. The van der Waals surface area contributed by atoms with Gasteiger partial charge in [0.15, 0.2) is 5.82 Å². The van der Waals surface area contributed by atoms with Crippen molar-refractivity contribution in [3.8, 4) is 5.75 Å². The number of carbonyl (C=O) groups is 2. The van der Waals surface area contributed by atoms with Crippen molar-refractivity contribution in [2.75, 3.05) is 93.9 Å². The number of carbonyl (C=O) groups excluding carboxylic acids is 2. The van der Waals surface area contributed by atoms with E-state index in [1.807, 2.05) is 55.1 Å². The Morgan fingerprint density at radius 3 is 2.57 bits per heavy atom. The number of halogens is 1. The lowest BCUT2D eigenvalue weighted by molar-refractivity contribution is -0.133. The molecule has 3 N–H and O–H groups in total. The van der Waals surface area contributed by atoms with E-state index in [9.17, 15) is 9.59 Å². The van der Waals surface area contributed by atoms with Crippen molar-refractivity contribution in [1.82, 2.24) is 24.7 Å². The fourth-order valence-corrected chi connectivity index (χ4v) is 6.48. The van der Waals surface area contributed by atoms with Crippen LogP contribution in [-0.2, 0) is 21.5 Å². The largest absolute Gasteiger partial charge is 0.494 e. The highest BCUT2D eigenvalue weighted by Crippen LogP contribution is 2.40. The van der Waals surface area contributed by atoms with Gasteiger partial charge in [-0.05, 0) is 50.2 Å². The maximum Gasteiger partial charge on any atom is 0.236 e. The molecular weight excluding hydrogens is 606 g/mol. The lowest BCUT2D eigenvalue weighted by atomic mass is 9.83. The van der Waals surface area contributed by atoms with Crippen molar-refractivity contribution in [3.63, 3.8) is 0 Å². The minimum atomic E-state index is -0.631. The van der Waals surface area contributed by atoms with Crippen LogP contribution in [0.5, 0.6) is 5.75 Å². The summed E-state index contributed by atoms with van der Waals surface area (Å²) in [5.41, 5.74) is 3.90. The summed E-state index contributed by atoms with van der Waals surface area (Å²) in [4.78, 5) is 43.3. The smallest absolute Gasteiger partial charge is 0.236 e. The van der Waals surface area contributed by atoms with Crippen LogP contribution >= 0.6 is 11.6 Å². The van der Waals surface area contributed by atoms with E-state index in [-0.39, 0.29) is 11.8 Å². The standard InChI is InChI=1S/C33H42ClN9O3/c1-33(2)29-22(6-5-7-26(29)37-31(33)45)19-35-30-24(34)20-36-32(39-30)38-25-9-8-23(18-27(25)46-4)42-14-16-43(17-15-42)28(44)21-41-12-10-40(3)11-13-41/h5-9,18,20H,10-17,19,21H2,1-4H3,(H,37,45)(H2,35,36,38,39). The molecule has 2 amide bonds. The first kappa shape index (κ1) is 31.8. The van der Waals surface area contributed by atoms with Crippen LogP contribution in [0, 0.1) is 0 Å². The molecule has 0 atom stereocenters. The number of fused-ring (bicyclic) bond motifs is 1. The Morgan fingerprint density at radius 1 is 1.07 bits per heavy atom. The number of anilines is 5. The fraction of sp³-hybridized carbons (Fsp3) is 0.455. The van der Waals surface area contributed by atoms with Crippen LogP contribution in [-0.4, -0.2) is 110 Å². The fourth-order valence-electron chi connectivity index (χ4n) is 6.32. The first-order chi connectivity index (χ1) is 22.1. The quantitative estimate of drug-likeness (QED) is 0.318. The Balaban J connectivity index is 1.08. The van der Waals surface area contributed by atoms with E-state index in [0.717, 1.165) is 61.8 Å². The van der Waals surface area contributed by atoms with Gasteiger partial charge in [-0.1, -0.05) is 23.7 Å². The molecule has 0 saturated carbocycles. The minimum Gasteiger partial charge on any atom is -0.494 e. The van der Waals surface area contributed by atoms with Gasteiger partial charge in [0.25, 0.3) is 0 Å². The van der Waals surface area contributed by atoms with Gasteiger partial charge < -0.3 is 35.4 Å². The van der Waals surface area contributed by atoms with Gasteiger partial charge in [0.05, 0.1) is 31.0 Å². The molecule has 3 aromatic rings.